The van der Waals surface area contributed by atoms with Crippen LogP contribution in [0.3, 0.4) is 0 Å². The largest absolute Gasteiger partial charge is 0.321 e. The molecule has 2 aliphatic rings. The molecule has 0 unspecified atom stereocenters. The van der Waals surface area contributed by atoms with Gasteiger partial charge in [-0.05, 0) is 42.7 Å². The Labute approximate surface area is 167 Å². The molecule has 0 spiro atoms. The SMILES string of the molecule is O=C(Nc1cccc(CN2CCSCC2)c1)c1ccc(NC(=O)C2CC2)s1. The molecule has 2 aromatic rings. The monoisotopic (exact) mass is 401 g/mol. The van der Waals surface area contributed by atoms with Crippen molar-refractivity contribution in [2.45, 2.75) is 19.4 Å². The third-order valence-electron chi connectivity index (χ3n) is 4.72. The Morgan fingerprint density at radius 1 is 1.07 bits per heavy atom. The number of hydrogen-bond donors (Lipinski definition) is 2. The summed E-state index contributed by atoms with van der Waals surface area (Å²) >= 11 is 3.32. The molecule has 7 heteroatoms. The lowest BCUT2D eigenvalue weighted by Crippen LogP contribution is -2.31. The smallest absolute Gasteiger partial charge is 0.265 e. The van der Waals surface area contributed by atoms with E-state index in [0.29, 0.717) is 4.88 Å². The second kappa shape index (κ2) is 8.46. The van der Waals surface area contributed by atoms with Gasteiger partial charge in [0.05, 0.1) is 9.88 Å². The topological polar surface area (TPSA) is 61.4 Å². The molecule has 0 atom stereocenters. The van der Waals surface area contributed by atoms with E-state index in [4.69, 9.17) is 0 Å². The van der Waals surface area contributed by atoms with Crippen molar-refractivity contribution in [1.29, 1.82) is 0 Å². The summed E-state index contributed by atoms with van der Waals surface area (Å²) < 4.78 is 0. The van der Waals surface area contributed by atoms with E-state index in [1.54, 1.807) is 12.1 Å². The summed E-state index contributed by atoms with van der Waals surface area (Å²) in [6.45, 7) is 3.15. The highest BCUT2D eigenvalue weighted by atomic mass is 32.2. The number of nitrogens with one attached hydrogen (secondary N) is 2. The second-order valence-electron chi connectivity index (χ2n) is 6.97. The van der Waals surface area contributed by atoms with Crippen molar-refractivity contribution >= 4 is 45.6 Å². The summed E-state index contributed by atoms with van der Waals surface area (Å²) in [4.78, 5) is 27.4. The first-order chi connectivity index (χ1) is 13.2. The normalized spacial score (nSPS) is 17.5. The lowest BCUT2D eigenvalue weighted by atomic mass is 10.2. The highest BCUT2D eigenvalue weighted by Crippen LogP contribution is 2.31. The van der Waals surface area contributed by atoms with Crippen molar-refractivity contribution in [3.8, 4) is 0 Å². The van der Waals surface area contributed by atoms with Crippen LogP contribution in [-0.4, -0.2) is 41.3 Å². The van der Waals surface area contributed by atoms with Gasteiger partial charge in [0.1, 0.15) is 0 Å². The number of amides is 2. The van der Waals surface area contributed by atoms with E-state index in [9.17, 15) is 9.59 Å². The minimum Gasteiger partial charge on any atom is -0.321 e. The van der Waals surface area contributed by atoms with Gasteiger partial charge in [0.2, 0.25) is 5.91 Å². The van der Waals surface area contributed by atoms with Crippen molar-refractivity contribution in [2.24, 2.45) is 5.92 Å². The van der Waals surface area contributed by atoms with Crippen LogP contribution in [0.4, 0.5) is 10.7 Å². The van der Waals surface area contributed by atoms with Gasteiger partial charge in [0.15, 0.2) is 0 Å². The third kappa shape index (κ3) is 5.12. The predicted molar refractivity (Wildman–Crippen MR) is 113 cm³/mol. The Balaban J connectivity index is 1.35. The predicted octanol–water partition coefficient (Wildman–Crippen LogP) is 3.90. The highest BCUT2D eigenvalue weighted by molar-refractivity contribution is 7.99. The molecule has 1 saturated carbocycles. The van der Waals surface area contributed by atoms with Crippen molar-refractivity contribution in [2.75, 3.05) is 35.2 Å². The first-order valence-corrected chi connectivity index (χ1v) is 11.3. The zero-order valence-electron chi connectivity index (χ0n) is 15.1. The standard InChI is InChI=1S/C20H23N3O2S2/c24-19(15-4-5-15)22-18-7-6-17(27-18)20(25)21-16-3-1-2-14(12-16)13-23-8-10-26-11-9-23/h1-3,6-7,12,15H,4-5,8-11,13H2,(H,21,25)(H,22,24). The molecule has 2 amide bonds. The van der Waals surface area contributed by atoms with Crippen molar-refractivity contribution < 1.29 is 9.59 Å². The van der Waals surface area contributed by atoms with Crippen LogP contribution in [0.25, 0.3) is 0 Å². The van der Waals surface area contributed by atoms with Crippen LogP contribution >= 0.6 is 23.1 Å². The number of carbonyl (C=O) groups excluding carboxylic acids is 2. The van der Waals surface area contributed by atoms with Crippen LogP contribution < -0.4 is 10.6 Å². The highest BCUT2D eigenvalue weighted by Gasteiger charge is 2.29. The van der Waals surface area contributed by atoms with Crippen LogP contribution in [0, 0.1) is 5.92 Å². The molecular weight excluding hydrogens is 378 g/mol. The molecule has 1 aliphatic heterocycles. The fourth-order valence-electron chi connectivity index (χ4n) is 3.05. The first kappa shape index (κ1) is 18.5. The second-order valence-corrected chi connectivity index (χ2v) is 9.28. The van der Waals surface area contributed by atoms with E-state index >= 15 is 0 Å². The molecule has 1 aliphatic carbocycles. The number of thioether (sulfide) groups is 1. The zero-order chi connectivity index (χ0) is 18.6. The summed E-state index contributed by atoms with van der Waals surface area (Å²) in [6, 6.07) is 11.6. The van der Waals surface area contributed by atoms with Gasteiger partial charge in [-0.2, -0.15) is 11.8 Å². The van der Waals surface area contributed by atoms with Gasteiger partial charge < -0.3 is 10.6 Å². The molecule has 4 rings (SSSR count). The maximum Gasteiger partial charge on any atom is 0.265 e. The number of thiophene rings is 1. The number of hydrogen-bond acceptors (Lipinski definition) is 5. The zero-order valence-corrected chi connectivity index (χ0v) is 16.7. The molecule has 27 heavy (non-hydrogen) atoms. The molecule has 0 bridgehead atoms. The van der Waals surface area contributed by atoms with Gasteiger partial charge in [-0.15, -0.1) is 11.3 Å². The molecule has 1 saturated heterocycles. The molecule has 142 valence electrons. The van der Waals surface area contributed by atoms with Crippen LogP contribution in [0.15, 0.2) is 36.4 Å². The minimum absolute atomic E-state index is 0.0626. The quantitative estimate of drug-likeness (QED) is 0.771. The fourth-order valence-corrected chi connectivity index (χ4v) is 4.84. The van der Waals surface area contributed by atoms with Crippen molar-refractivity contribution in [3.63, 3.8) is 0 Å². The molecule has 2 fully saturated rings. The Kier molecular flexibility index (Phi) is 5.80. The molecule has 5 nitrogen and oxygen atoms in total. The molecule has 2 N–H and O–H groups in total. The Hall–Kier alpha value is -1.83. The average molecular weight is 402 g/mol. The Morgan fingerprint density at radius 2 is 1.89 bits per heavy atom. The lowest BCUT2D eigenvalue weighted by molar-refractivity contribution is -0.117. The first-order valence-electron chi connectivity index (χ1n) is 9.28. The molecule has 0 radical (unpaired) electrons. The van der Waals surface area contributed by atoms with Gasteiger partial charge in [-0.25, -0.2) is 0 Å². The summed E-state index contributed by atoms with van der Waals surface area (Å²) in [5.74, 6) is 2.46. The Morgan fingerprint density at radius 3 is 2.67 bits per heavy atom. The van der Waals surface area contributed by atoms with E-state index < -0.39 is 0 Å². The number of carbonyl (C=O) groups is 2. The number of nitrogens with zero attached hydrogens (tertiary/aromatic N) is 1. The average Bonchev–Trinajstić information content (AvgIpc) is 3.42. The van der Waals surface area contributed by atoms with E-state index in [0.717, 1.165) is 43.2 Å². The number of benzene rings is 1. The fraction of sp³-hybridized carbons (Fsp3) is 0.400. The third-order valence-corrected chi connectivity index (χ3v) is 6.66. The van der Waals surface area contributed by atoms with Gasteiger partial charge in [-0.3, -0.25) is 14.5 Å². The molecule has 2 heterocycles. The maximum atomic E-state index is 12.5. The van der Waals surface area contributed by atoms with Crippen LogP contribution in [0.1, 0.15) is 28.1 Å². The van der Waals surface area contributed by atoms with Gasteiger partial charge >= 0.3 is 0 Å². The van der Waals surface area contributed by atoms with Crippen LogP contribution in [0.2, 0.25) is 0 Å². The van der Waals surface area contributed by atoms with Crippen LogP contribution in [0.5, 0.6) is 0 Å². The number of anilines is 2. The van der Waals surface area contributed by atoms with E-state index in [1.165, 1.54) is 28.4 Å². The number of rotatable bonds is 6. The van der Waals surface area contributed by atoms with Gasteiger partial charge in [0, 0.05) is 42.7 Å². The van der Waals surface area contributed by atoms with Gasteiger partial charge in [0.25, 0.3) is 5.91 Å². The molecular formula is C20H23N3O2S2. The molecule has 1 aromatic heterocycles. The van der Waals surface area contributed by atoms with E-state index in [-0.39, 0.29) is 17.7 Å². The summed E-state index contributed by atoms with van der Waals surface area (Å²) in [5.41, 5.74) is 2.02. The minimum atomic E-state index is -0.140. The molecule has 1 aromatic carbocycles. The Bertz CT molecular complexity index is 826. The van der Waals surface area contributed by atoms with Gasteiger partial charge in [-0.1, -0.05) is 12.1 Å². The van der Waals surface area contributed by atoms with E-state index in [1.807, 2.05) is 30.0 Å². The van der Waals surface area contributed by atoms with Crippen molar-refractivity contribution in [1.82, 2.24) is 4.90 Å². The lowest BCUT2D eigenvalue weighted by Gasteiger charge is -2.26. The summed E-state index contributed by atoms with van der Waals surface area (Å²) in [7, 11) is 0. The van der Waals surface area contributed by atoms with Crippen molar-refractivity contribution in [3.05, 3.63) is 46.8 Å². The summed E-state index contributed by atoms with van der Waals surface area (Å²) in [5, 5.41) is 6.59. The van der Waals surface area contributed by atoms with E-state index in [2.05, 4.69) is 21.6 Å². The van der Waals surface area contributed by atoms with Crippen LogP contribution in [-0.2, 0) is 11.3 Å². The summed E-state index contributed by atoms with van der Waals surface area (Å²) in [6.07, 6.45) is 1.94. The maximum absolute atomic E-state index is 12.5.